The molecule has 2 aliphatic rings. The Morgan fingerprint density at radius 2 is 1.82 bits per heavy atom. The molecular formula is C23H29F2N7O. The molecule has 1 aromatic carbocycles. The predicted molar refractivity (Wildman–Crippen MR) is 123 cm³/mol. The van der Waals surface area contributed by atoms with Gasteiger partial charge in [-0.15, -0.1) is 0 Å². The minimum absolute atomic E-state index is 0.294. The number of rotatable bonds is 6. The fourth-order valence-corrected chi connectivity index (χ4v) is 4.60. The Bertz CT molecular complexity index is 1090. The molecule has 0 bridgehead atoms. The highest BCUT2D eigenvalue weighted by Gasteiger charge is 2.24. The van der Waals surface area contributed by atoms with Crippen LogP contribution < -0.4 is 16.0 Å². The molecule has 10 heteroatoms. The number of nitrogens with zero attached hydrogens (tertiary/aromatic N) is 5. The van der Waals surface area contributed by atoms with E-state index < -0.39 is 6.43 Å². The Morgan fingerprint density at radius 3 is 2.58 bits per heavy atom. The van der Waals surface area contributed by atoms with E-state index >= 15 is 0 Å². The average molecular weight is 458 g/mol. The van der Waals surface area contributed by atoms with Crippen LogP contribution in [0.4, 0.5) is 20.5 Å². The van der Waals surface area contributed by atoms with Gasteiger partial charge in [0.1, 0.15) is 11.6 Å². The third-order valence-corrected chi connectivity index (χ3v) is 6.47. The number of morpholine rings is 1. The van der Waals surface area contributed by atoms with Crippen molar-refractivity contribution in [2.45, 2.75) is 38.2 Å². The Morgan fingerprint density at radius 1 is 1.06 bits per heavy atom. The van der Waals surface area contributed by atoms with Crippen molar-refractivity contribution in [2.75, 3.05) is 43.1 Å². The number of nitrogens with one attached hydrogen (secondary N) is 1. The molecule has 1 saturated carbocycles. The van der Waals surface area contributed by atoms with Gasteiger partial charge in [0.05, 0.1) is 24.2 Å². The summed E-state index contributed by atoms with van der Waals surface area (Å²) < 4.78 is 34.8. The first-order valence-electron chi connectivity index (χ1n) is 11.6. The number of para-hydroxylation sites is 2. The fourth-order valence-electron chi connectivity index (χ4n) is 4.60. The zero-order valence-electron chi connectivity index (χ0n) is 18.5. The van der Waals surface area contributed by atoms with Gasteiger partial charge in [0.2, 0.25) is 5.95 Å². The maximum absolute atomic E-state index is 14.0. The largest absolute Gasteiger partial charge is 0.378 e. The maximum atomic E-state index is 14.0. The summed E-state index contributed by atoms with van der Waals surface area (Å²) in [5, 5.41) is 3.44. The van der Waals surface area contributed by atoms with E-state index in [4.69, 9.17) is 15.5 Å². The molecule has 0 radical (unpaired) electrons. The van der Waals surface area contributed by atoms with E-state index in [1.54, 1.807) is 24.3 Å². The standard InChI is InChI=1S/C23H29F2N7O/c24-21(25)22-28-17-3-1-2-4-18(17)32(22)20-13-19(27-14-15-5-7-16(26)8-6-15)29-23(30-20)31-9-11-33-12-10-31/h1-4,13,15-16,21H,5-12,14,26H2,(H,27,29,30)/t15-,16-. The summed E-state index contributed by atoms with van der Waals surface area (Å²) in [5.41, 5.74) is 7.13. The lowest BCUT2D eigenvalue weighted by atomic mass is 9.86. The highest BCUT2D eigenvalue weighted by Crippen LogP contribution is 2.29. The number of halogens is 2. The zero-order valence-corrected chi connectivity index (χ0v) is 18.5. The molecule has 2 fully saturated rings. The Kier molecular flexibility index (Phi) is 6.37. The molecule has 0 amide bonds. The molecule has 176 valence electrons. The van der Waals surface area contributed by atoms with E-state index in [1.807, 2.05) is 11.0 Å². The van der Waals surface area contributed by atoms with Gasteiger partial charge >= 0.3 is 0 Å². The van der Waals surface area contributed by atoms with Crippen LogP contribution in [0.3, 0.4) is 0 Å². The van der Waals surface area contributed by atoms with Gasteiger partial charge in [-0.1, -0.05) is 12.1 Å². The van der Waals surface area contributed by atoms with Crippen molar-refractivity contribution in [1.29, 1.82) is 0 Å². The molecule has 1 aliphatic heterocycles. The van der Waals surface area contributed by atoms with Crippen molar-refractivity contribution in [1.82, 2.24) is 19.5 Å². The number of hydrogen-bond donors (Lipinski definition) is 2. The summed E-state index contributed by atoms with van der Waals surface area (Å²) in [6.45, 7) is 3.22. The molecule has 2 aromatic heterocycles. The molecule has 0 atom stereocenters. The number of fused-ring (bicyclic) bond motifs is 1. The van der Waals surface area contributed by atoms with Crippen molar-refractivity contribution >= 4 is 22.8 Å². The van der Waals surface area contributed by atoms with E-state index in [2.05, 4.69) is 15.3 Å². The van der Waals surface area contributed by atoms with Gasteiger partial charge in [-0.25, -0.2) is 13.8 Å². The van der Waals surface area contributed by atoms with Gasteiger partial charge < -0.3 is 20.7 Å². The second-order valence-corrected chi connectivity index (χ2v) is 8.77. The first-order chi connectivity index (χ1) is 16.1. The van der Waals surface area contributed by atoms with Gasteiger partial charge in [0.15, 0.2) is 5.82 Å². The number of imidazole rings is 1. The lowest BCUT2D eigenvalue weighted by Crippen LogP contribution is -2.37. The summed E-state index contributed by atoms with van der Waals surface area (Å²) in [5.74, 6) is 1.69. The summed E-state index contributed by atoms with van der Waals surface area (Å²) in [6.07, 6.45) is 1.47. The maximum Gasteiger partial charge on any atom is 0.296 e. The molecule has 3 N–H and O–H groups in total. The normalized spacial score (nSPS) is 21.6. The summed E-state index contributed by atoms with van der Waals surface area (Å²) >= 11 is 0. The van der Waals surface area contributed by atoms with Crippen LogP contribution in [0.25, 0.3) is 16.9 Å². The lowest BCUT2D eigenvalue weighted by molar-refractivity contribution is 0.122. The third-order valence-electron chi connectivity index (χ3n) is 6.47. The molecule has 8 nitrogen and oxygen atoms in total. The van der Waals surface area contributed by atoms with E-state index in [9.17, 15) is 8.78 Å². The molecule has 0 spiro atoms. The van der Waals surface area contributed by atoms with Gasteiger partial charge in [-0.05, 0) is 43.7 Å². The first-order valence-corrected chi connectivity index (χ1v) is 11.6. The highest BCUT2D eigenvalue weighted by molar-refractivity contribution is 5.78. The van der Waals surface area contributed by atoms with Crippen LogP contribution in [0.1, 0.15) is 37.9 Å². The minimum Gasteiger partial charge on any atom is -0.378 e. The van der Waals surface area contributed by atoms with Crippen molar-refractivity contribution in [3.63, 3.8) is 0 Å². The second kappa shape index (κ2) is 9.56. The molecule has 5 rings (SSSR count). The lowest BCUT2D eigenvalue weighted by Gasteiger charge is -2.28. The van der Waals surface area contributed by atoms with Crippen molar-refractivity contribution in [2.24, 2.45) is 11.7 Å². The third kappa shape index (κ3) is 4.77. The van der Waals surface area contributed by atoms with Crippen LogP contribution in [-0.2, 0) is 4.74 Å². The van der Waals surface area contributed by atoms with E-state index in [0.717, 1.165) is 32.2 Å². The minimum atomic E-state index is -2.73. The topological polar surface area (TPSA) is 94.1 Å². The number of benzene rings is 1. The Hall–Kier alpha value is -2.85. The monoisotopic (exact) mass is 457 g/mol. The number of alkyl halides is 2. The van der Waals surface area contributed by atoms with Crippen LogP contribution in [0.15, 0.2) is 30.3 Å². The molecule has 0 unspecified atom stereocenters. The summed E-state index contributed by atoms with van der Waals surface area (Å²) in [7, 11) is 0. The van der Waals surface area contributed by atoms with Crippen molar-refractivity contribution in [3.05, 3.63) is 36.2 Å². The number of ether oxygens (including phenoxy) is 1. The molecule has 3 aromatic rings. The summed E-state index contributed by atoms with van der Waals surface area (Å²) in [4.78, 5) is 15.6. The molecule has 3 heterocycles. The summed E-state index contributed by atoms with van der Waals surface area (Å²) in [6, 6.07) is 9.14. The van der Waals surface area contributed by atoms with Crippen molar-refractivity contribution in [3.8, 4) is 5.82 Å². The van der Waals surface area contributed by atoms with E-state index in [1.165, 1.54) is 4.57 Å². The van der Waals surface area contributed by atoms with E-state index in [-0.39, 0.29) is 5.82 Å². The van der Waals surface area contributed by atoms with Gasteiger partial charge in [-0.2, -0.15) is 9.97 Å². The van der Waals surface area contributed by atoms with Crippen LogP contribution in [0.5, 0.6) is 0 Å². The highest BCUT2D eigenvalue weighted by atomic mass is 19.3. The quantitative estimate of drug-likeness (QED) is 0.585. The molecular weight excluding hydrogens is 428 g/mol. The smallest absolute Gasteiger partial charge is 0.296 e. The number of anilines is 2. The van der Waals surface area contributed by atoms with Crippen LogP contribution >= 0.6 is 0 Å². The van der Waals surface area contributed by atoms with Crippen LogP contribution in [-0.4, -0.2) is 58.4 Å². The number of aromatic nitrogens is 4. The average Bonchev–Trinajstić information content (AvgIpc) is 3.24. The fraction of sp³-hybridized carbons (Fsp3) is 0.522. The van der Waals surface area contributed by atoms with Crippen molar-refractivity contribution < 1.29 is 13.5 Å². The molecule has 33 heavy (non-hydrogen) atoms. The zero-order chi connectivity index (χ0) is 22.8. The Balaban J connectivity index is 1.52. The van der Waals surface area contributed by atoms with Crippen LogP contribution in [0, 0.1) is 5.92 Å². The van der Waals surface area contributed by atoms with Gasteiger partial charge in [0, 0.05) is 31.7 Å². The Labute approximate surface area is 191 Å². The number of hydrogen-bond acceptors (Lipinski definition) is 7. The first kappa shape index (κ1) is 22.0. The van der Waals surface area contributed by atoms with Crippen LogP contribution in [0.2, 0.25) is 0 Å². The molecule has 1 saturated heterocycles. The number of nitrogens with two attached hydrogens (primary N) is 1. The van der Waals surface area contributed by atoms with Gasteiger partial charge in [0.25, 0.3) is 6.43 Å². The molecule has 1 aliphatic carbocycles. The predicted octanol–water partition coefficient (Wildman–Crippen LogP) is 3.52. The second-order valence-electron chi connectivity index (χ2n) is 8.77. The SMILES string of the molecule is N[C@H]1CC[C@H](CNc2cc(-n3c(C(F)F)nc4ccccc43)nc(N3CCOCC3)n2)CC1. The van der Waals surface area contributed by atoms with Gasteiger partial charge in [-0.3, -0.25) is 4.57 Å². The van der Waals surface area contributed by atoms with E-state index in [0.29, 0.717) is 66.9 Å².